The molecular weight excluding hydrogens is 329 g/mol. The first kappa shape index (κ1) is 23.5. The monoisotopic (exact) mass is 360 g/mol. The highest BCUT2D eigenvalue weighted by molar-refractivity contribution is 5.69. The fourth-order valence-corrected chi connectivity index (χ4v) is 2.13. The van der Waals surface area contributed by atoms with Crippen LogP contribution in [0.5, 0.6) is 0 Å². The van der Waals surface area contributed by atoms with E-state index in [1.807, 2.05) is 0 Å². The quantitative estimate of drug-likeness (QED) is 0.185. The Morgan fingerprint density at radius 3 is 2.08 bits per heavy atom. The molecule has 0 saturated carbocycles. The molecule has 0 aromatic carbocycles. The van der Waals surface area contributed by atoms with Crippen LogP contribution in [-0.2, 0) is 9.53 Å². The zero-order chi connectivity index (χ0) is 18.8. The predicted molar refractivity (Wildman–Crippen MR) is 96.3 cm³/mol. The molecule has 0 heterocycles. The number of hydrogen-bond acceptors (Lipinski definition) is 2. The smallest absolute Gasteiger partial charge is 0.399 e. The molecule has 0 spiro atoms. The third-order valence-corrected chi connectivity index (χ3v) is 3.45. The van der Waals surface area contributed by atoms with Gasteiger partial charge in [0.2, 0.25) is 0 Å². The van der Waals surface area contributed by atoms with E-state index in [9.17, 15) is 18.0 Å². The van der Waals surface area contributed by atoms with Crippen molar-refractivity contribution in [3.8, 4) is 0 Å². The van der Waals surface area contributed by atoms with E-state index in [-0.39, 0.29) is 6.42 Å². The van der Waals surface area contributed by atoms with Crippen LogP contribution in [0.25, 0.3) is 0 Å². The molecule has 0 aliphatic heterocycles. The zero-order valence-corrected chi connectivity index (χ0v) is 15.2. The molecule has 0 N–H and O–H groups in total. The first-order valence-electron chi connectivity index (χ1n) is 9.12. The second kappa shape index (κ2) is 16.0. The molecule has 0 aromatic rings. The van der Waals surface area contributed by atoms with Crippen LogP contribution in [-0.4, -0.2) is 18.8 Å². The molecule has 0 bridgehead atoms. The molecule has 0 rings (SSSR count). The van der Waals surface area contributed by atoms with Crippen molar-refractivity contribution in [1.82, 2.24) is 0 Å². The molecule has 0 aromatic heterocycles. The Hall–Kier alpha value is -1.52. The summed E-state index contributed by atoms with van der Waals surface area (Å²) in [5.41, 5.74) is 0. The van der Waals surface area contributed by atoms with Crippen molar-refractivity contribution in [2.75, 3.05) is 6.67 Å². The van der Waals surface area contributed by atoms with E-state index in [0.29, 0.717) is 6.42 Å². The van der Waals surface area contributed by atoms with E-state index in [2.05, 4.69) is 48.1 Å². The lowest BCUT2D eigenvalue weighted by molar-refractivity contribution is -0.238. The number of carbonyl (C=O) groups excluding carboxylic acids is 1. The molecule has 0 aliphatic rings. The van der Waals surface area contributed by atoms with E-state index in [4.69, 9.17) is 0 Å². The second-order valence-corrected chi connectivity index (χ2v) is 5.85. The van der Waals surface area contributed by atoms with Crippen LogP contribution in [0.3, 0.4) is 0 Å². The van der Waals surface area contributed by atoms with Crippen LogP contribution >= 0.6 is 0 Å². The predicted octanol–water partition coefficient (Wildman–Crippen LogP) is 6.68. The summed E-state index contributed by atoms with van der Waals surface area (Å²) in [5, 5.41) is 0. The Morgan fingerprint density at radius 2 is 1.44 bits per heavy atom. The van der Waals surface area contributed by atoms with E-state index in [1.165, 1.54) is 0 Å². The molecule has 0 atom stereocenters. The normalized spacial score (nSPS) is 12.6. The Labute approximate surface area is 149 Å². The Morgan fingerprint density at radius 1 is 0.880 bits per heavy atom. The third-order valence-electron chi connectivity index (χ3n) is 3.45. The van der Waals surface area contributed by atoms with Gasteiger partial charge in [-0.1, -0.05) is 62.6 Å². The van der Waals surface area contributed by atoms with Gasteiger partial charge in [-0.05, 0) is 38.5 Å². The first-order valence-corrected chi connectivity index (χ1v) is 9.12. The molecule has 0 radical (unpaired) electrons. The van der Waals surface area contributed by atoms with Crippen molar-refractivity contribution in [3.63, 3.8) is 0 Å². The van der Waals surface area contributed by atoms with Crippen molar-refractivity contribution in [2.24, 2.45) is 0 Å². The summed E-state index contributed by atoms with van der Waals surface area (Å²) in [4.78, 5) is 11.1. The summed E-state index contributed by atoms with van der Waals surface area (Å²) >= 11 is 0. The van der Waals surface area contributed by atoms with Gasteiger partial charge in [-0.3, -0.25) is 4.79 Å². The molecule has 0 amide bonds. The lowest BCUT2D eigenvalue weighted by Gasteiger charge is -2.12. The SMILES string of the molecule is CC/C=C\C/C=C\C/C=C\CCCCCCCC(=O)OC(F)(F)CF. The maximum atomic E-state index is 12.5. The summed E-state index contributed by atoms with van der Waals surface area (Å²) in [6.07, 6.45) is 17.3. The number of hydrogen-bond donors (Lipinski definition) is 0. The van der Waals surface area contributed by atoms with Crippen molar-refractivity contribution in [1.29, 1.82) is 0 Å². The highest BCUT2D eigenvalue weighted by Gasteiger charge is 2.33. The van der Waals surface area contributed by atoms with Gasteiger partial charge in [0.25, 0.3) is 0 Å². The fraction of sp³-hybridized carbons (Fsp3) is 0.650. The van der Waals surface area contributed by atoms with Gasteiger partial charge in [-0.2, -0.15) is 8.78 Å². The number of esters is 1. The summed E-state index contributed by atoms with van der Waals surface area (Å²) in [6.45, 7) is 0.144. The van der Waals surface area contributed by atoms with Crippen LogP contribution < -0.4 is 0 Å². The lowest BCUT2D eigenvalue weighted by Crippen LogP contribution is -2.27. The van der Waals surface area contributed by atoms with Gasteiger partial charge in [0, 0.05) is 6.42 Å². The third kappa shape index (κ3) is 17.1. The Balaban J connectivity index is 3.43. The molecular formula is C20H31F3O2. The maximum absolute atomic E-state index is 12.5. The summed E-state index contributed by atoms with van der Waals surface area (Å²) in [7, 11) is 0. The van der Waals surface area contributed by atoms with Crippen molar-refractivity contribution < 1.29 is 22.7 Å². The van der Waals surface area contributed by atoms with Crippen LogP contribution in [0, 0.1) is 0 Å². The van der Waals surface area contributed by atoms with Gasteiger partial charge in [-0.15, -0.1) is 0 Å². The minimum atomic E-state index is -3.98. The van der Waals surface area contributed by atoms with E-state index >= 15 is 0 Å². The van der Waals surface area contributed by atoms with Gasteiger partial charge in [-0.25, -0.2) is 4.39 Å². The first-order chi connectivity index (χ1) is 12.0. The lowest BCUT2D eigenvalue weighted by atomic mass is 10.1. The average molecular weight is 360 g/mol. The second-order valence-electron chi connectivity index (χ2n) is 5.85. The molecule has 0 saturated heterocycles. The number of halogens is 3. The van der Waals surface area contributed by atoms with Gasteiger partial charge in [0.15, 0.2) is 6.67 Å². The summed E-state index contributed by atoms with van der Waals surface area (Å²) < 4.78 is 40.5. The van der Waals surface area contributed by atoms with Crippen LogP contribution in [0.4, 0.5) is 13.2 Å². The van der Waals surface area contributed by atoms with E-state index in [1.54, 1.807) is 0 Å². The van der Waals surface area contributed by atoms with Gasteiger partial charge in [0.1, 0.15) is 0 Å². The number of rotatable bonds is 15. The summed E-state index contributed by atoms with van der Waals surface area (Å²) in [6, 6.07) is 0. The molecule has 144 valence electrons. The number of unbranched alkanes of at least 4 members (excludes halogenated alkanes) is 5. The number of allylic oxidation sites excluding steroid dienone is 6. The minimum absolute atomic E-state index is 0.0880. The van der Waals surface area contributed by atoms with Crippen molar-refractivity contribution in [2.45, 2.75) is 77.2 Å². The molecule has 25 heavy (non-hydrogen) atoms. The zero-order valence-electron chi connectivity index (χ0n) is 15.2. The minimum Gasteiger partial charge on any atom is -0.399 e. The van der Waals surface area contributed by atoms with Crippen LogP contribution in [0.1, 0.15) is 71.1 Å². The van der Waals surface area contributed by atoms with E-state index in [0.717, 1.165) is 51.4 Å². The largest absolute Gasteiger partial charge is 0.429 e. The molecule has 0 aliphatic carbocycles. The number of carbonyl (C=O) groups is 1. The Bertz CT molecular complexity index is 415. The van der Waals surface area contributed by atoms with Crippen molar-refractivity contribution in [3.05, 3.63) is 36.5 Å². The molecule has 0 fully saturated rings. The fourth-order valence-electron chi connectivity index (χ4n) is 2.13. The maximum Gasteiger partial charge on any atom is 0.429 e. The van der Waals surface area contributed by atoms with Crippen molar-refractivity contribution >= 4 is 5.97 Å². The van der Waals surface area contributed by atoms with Crippen LogP contribution in [0.2, 0.25) is 0 Å². The number of alkyl halides is 3. The van der Waals surface area contributed by atoms with Gasteiger partial charge >= 0.3 is 12.1 Å². The molecule has 5 heteroatoms. The standard InChI is InChI=1S/C20H31F3O2/c1-2-3-4-5-6-7-8-9-10-11-12-13-14-15-16-17-19(24)25-20(22,23)18-21/h3-4,6-7,9-10H,2,5,8,11-18H2,1H3/b4-3-,7-6-,10-9-. The Kier molecular flexibility index (Phi) is 15.0. The van der Waals surface area contributed by atoms with Gasteiger partial charge in [0.05, 0.1) is 0 Å². The summed E-state index contributed by atoms with van der Waals surface area (Å²) in [5.74, 6) is -1.04. The van der Waals surface area contributed by atoms with Crippen LogP contribution in [0.15, 0.2) is 36.5 Å². The number of ether oxygens (including phenoxy) is 1. The molecule has 0 unspecified atom stereocenters. The highest BCUT2D eigenvalue weighted by Crippen LogP contribution is 2.17. The van der Waals surface area contributed by atoms with Gasteiger partial charge < -0.3 is 4.74 Å². The molecule has 2 nitrogen and oxygen atoms in total. The van der Waals surface area contributed by atoms with E-state index < -0.39 is 18.8 Å². The highest BCUT2D eigenvalue weighted by atomic mass is 19.3. The topological polar surface area (TPSA) is 26.3 Å². The average Bonchev–Trinajstić information content (AvgIpc) is 2.58.